The van der Waals surface area contributed by atoms with Gasteiger partial charge in [-0.2, -0.15) is 0 Å². The fraction of sp³-hybridized carbons (Fsp3) is 0.750. The molecule has 1 aromatic rings. The lowest BCUT2D eigenvalue weighted by Crippen LogP contribution is -2.33. The van der Waals surface area contributed by atoms with Gasteiger partial charge in [-0.15, -0.1) is 10.2 Å². The largest absolute Gasteiger partial charge is 0.415 e. The Bertz CT molecular complexity index is 294. The van der Waals surface area contributed by atoms with Crippen LogP contribution in [0.25, 0.3) is 0 Å². The molecule has 0 aliphatic carbocycles. The number of aromatic nitrogens is 2. The van der Waals surface area contributed by atoms with Crippen molar-refractivity contribution < 1.29 is 9.15 Å². The Morgan fingerprint density at radius 2 is 2.31 bits per heavy atom. The molecule has 1 aliphatic rings. The summed E-state index contributed by atoms with van der Waals surface area (Å²) >= 11 is 3.14. The second-order valence-electron chi connectivity index (χ2n) is 3.58. The van der Waals surface area contributed by atoms with E-state index in [0.717, 1.165) is 19.4 Å². The number of rotatable bonds is 1. The van der Waals surface area contributed by atoms with Crippen LogP contribution in [0.3, 0.4) is 0 Å². The predicted octanol–water partition coefficient (Wildman–Crippen LogP) is 1.90. The zero-order valence-corrected chi connectivity index (χ0v) is 9.00. The third kappa shape index (κ3) is 1.76. The lowest BCUT2D eigenvalue weighted by atomic mass is 9.85. The highest BCUT2D eigenvalue weighted by Gasteiger charge is 2.34. The quantitative estimate of drug-likeness (QED) is 0.760. The molecule has 72 valence electrons. The van der Waals surface area contributed by atoms with Crippen LogP contribution in [-0.4, -0.2) is 23.4 Å². The van der Waals surface area contributed by atoms with Crippen LogP contribution in [0.2, 0.25) is 0 Å². The number of ether oxygens (including phenoxy) is 1. The summed E-state index contributed by atoms with van der Waals surface area (Å²) in [6.07, 6.45) is 2.10. The molecule has 5 heteroatoms. The first-order valence-electron chi connectivity index (χ1n) is 4.28. The maximum atomic E-state index is 5.41. The van der Waals surface area contributed by atoms with Gasteiger partial charge in [0.05, 0.1) is 12.0 Å². The second kappa shape index (κ2) is 3.38. The van der Waals surface area contributed by atoms with E-state index in [9.17, 15) is 0 Å². The molecule has 0 amide bonds. The van der Waals surface area contributed by atoms with Gasteiger partial charge in [-0.1, -0.05) is 0 Å². The van der Waals surface area contributed by atoms with Gasteiger partial charge in [0.25, 0.3) is 4.80 Å². The van der Waals surface area contributed by atoms with Crippen LogP contribution < -0.4 is 0 Å². The van der Waals surface area contributed by atoms with Crippen molar-refractivity contribution in [2.75, 3.05) is 13.2 Å². The molecule has 1 unspecified atom stereocenters. The number of halogens is 1. The Balaban J connectivity index is 2.22. The smallest absolute Gasteiger partial charge is 0.284 e. The average Bonchev–Trinajstić information content (AvgIpc) is 2.54. The first kappa shape index (κ1) is 9.15. The zero-order chi connectivity index (χ0) is 9.31. The molecular weight excluding hydrogens is 236 g/mol. The van der Waals surface area contributed by atoms with E-state index in [-0.39, 0.29) is 5.41 Å². The minimum absolute atomic E-state index is 0.0999. The number of hydrogen-bond acceptors (Lipinski definition) is 4. The molecule has 13 heavy (non-hydrogen) atoms. The molecule has 0 radical (unpaired) electrons. The van der Waals surface area contributed by atoms with E-state index in [0.29, 0.717) is 17.3 Å². The summed E-state index contributed by atoms with van der Waals surface area (Å²) in [4.78, 5) is 0.439. The molecule has 1 saturated heterocycles. The zero-order valence-electron chi connectivity index (χ0n) is 7.42. The Morgan fingerprint density at radius 3 is 2.85 bits per heavy atom. The Kier molecular flexibility index (Phi) is 2.38. The van der Waals surface area contributed by atoms with E-state index < -0.39 is 0 Å². The molecule has 4 nitrogen and oxygen atoms in total. The lowest BCUT2D eigenvalue weighted by molar-refractivity contribution is 0.0303. The third-order valence-electron chi connectivity index (χ3n) is 2.35. The highest BCUT2D eigenvalue weighted by Crippen LogP contribution is 2.31. The Morgan fingerprint density at radius 1 is 1.46 bits per heavy atom. The lowest BCUT2D eigenvalue weighted by Gasteiger charge is -2.29. The van der Waals surface area contributed by atoms with Crippen molar-refractivity contribution in [3.8, 4) is 0 Å². The highest BCUT2D eigenvalue weighted by atomic mass is 79.9. The Hall–Kier alpha value is -0.420. The van der Waals surface area contributed by atoms with Crippen LogP contribution in [-0.2, 0) is 10.2 Å². The minimum atomic E-state index is -0.0999. The van der Waals surface area contributed by atoms with Gasteiger partial charge in [0, 0.05) is 22.5 Å². The second-order valence-corrected chi connectivity index (χ2v) is 4.26. The van der Waals surface area contributed by atoms with E-state index in [2.05, 4.69) is 33.1 Å². The van der Waals surface area contributed by atoms with Crippen molar-refractivity contribution in [2.24, 2.45) is 0 Å². The first-order chi connectivity index (χ1) is 6.21. The molecule has 0 saturated carbocycles. The SMILES string of the molecule is CC1(c2nnc(Br)o2)CCCOC1. The van der Waals surface area contributed by atoms with Gasteiger partial charge in [0.2, 0.25) is 5.89 Å². The maximum absolute atomic E-state index is 5.41. The monoisotopic (exact) mass is 246 g/mol. The summed E-state index contributed by atoms with van der Waals surface area (Å²) < 4.78 is 10.7. The van der Waals surface area contributed by atoms with Gasteiger partial charge >= 0.3 is 0 Å². The van der Waals surface area contributed by atoms with Crippen molar-refractivity contribution in [2.45, 2.75) is 25.2 Å². The van der Waals surface area contributed by atoms with Crippen molar-refractivity contribution in [1.82, 2.24) is 10.2 Å². The van der Waals surface area contributed by atoms with Crippen molar-refractivity contribution in [1.29, 1.82) is 0 Å². The molecule has 2 heterocycles. The van der Waals surface area contributed by atoms with E-state index in [1.807, 2.05) is 0 Å². The standard InChI is InChI=1S/C8H11BrN2O2/c1-8(3-2-4-12-5-8)6-10-11-7(9)13-6/h2-5H2,1H3. The molecule has 1 aromatic heterocycles. The fourth-order valence-electron chi connectivity index (χ4n) is 1.55. The van der Waals surface area contributed by atoms with Crippen molar-refractivity contribution in [3.05, 3.63) is 10.7 Å². The van der Waals surface area contributed by atoms with E-state index in [1.165, 1.54) is 0 Å². The molecule has 0 N–H and O–H groups in total. The Labute approximate surface area is 84.8 Å². The number of hydrogen-bond donors (Lipinski definition) is 0. The van der Waals surface area contributed by atoms with Crippen molar-refractivity contribution >= 4 is 15.9 Å². The molecule has 0 spiro atoms. The van der Waals surface area contributed by atoms with Crippen LogP contribution in [0.5, 0.6) is 0 Å². The maximum Gasteiger partial charge on any atom is 0.284 e. The van der Waals surface area contributed by atoms with Crippen LogP contribution >= 0.6 is 15.9 Å². The summed E-state index contributed by atoms with van der Waals surface area (Å²) in [5, 5.41) is 7.75. The molecule has 2 rings (SSSR count). The van der Waals surface area contributed by atoms with Gasteiger partial charge in [-0.25, -0.2) is 0 Å². The molecule has 1 atom stereocenters. The molecule has 0 bridgehead atoms. The summed E-state index contributed by atoms with van der Waals surface area (Å²) in [5.41, 5.74) is -0.0999. The van der Waals surface area contributed by atoms with Gasteiger partial charge in [-0.05, 0) is 19.8 Å². The van der Waals surface area contributed by atoms with Gasteiger partial charge < -0.3 is 9.15 Å². The van der Waals surface area contributed by atoms with Gasteiger partial charge in [0.15, 0.2) is 0 Å². The van der Waals surface area contributed by atoms with Crippen molar-refractivity contribution in [3.63, 3.8) is 0 Å². The summed E-state index contributed by atoms with van der Waals surface area (Å²) in [6, 6.07) is 0. The molecular formula is C8H11BrN2O2. The first-order valence-corrected chi connectivity index (χ1v) is 5.07. The van der Waals surface area contributed by atoms with Crippen LogP contribution in [0.15, 0.2) is 9.22 Å². The normalized spacial score (nSPS) is 29.1. The van der Waals surface area contributed by atoms with Gasteiger partial charge in [-0.3, -0.25) is 0 Å². The predicted molar refractivity (Wildman–Crippen MR) is 49.4 cm³/mol. The highest BCUT2D eigenvalue weighted by molar-refractivity contribution is 9.10. The summed E-state index contributed by atoms with van der Waals surface area (Å²) in [6.45, 7) is 3.60. The summed E-state index contributed by atoms with van der Waals surface area (Å²) in [5.74, 6) is 0.666. The van der Waals surface area contributed by atoms with Crippen LogP contribution in [0.1, 0.15) is 25.7 Å². The van der Waals surface area contributed by atoms with Gasteiger partial charge in [0.1, 0.15) is 0 Å². The topological polar surface area (TPSA) is 48.2 Å². The van der Waals surface area contributed by atoms with E-state index in [4.69, 9.17) is 9.15 Å². The van der Waals surface area contributed by atoms with E-state index >= 15 is 0 Å². The van der Waals surface area contributed by atoms with Crippen LogP contribution in [0.4, 0.5) is 0 Å². The minimum Gasteiger partial charge on any atom is -0.415 e. The molecule has 0 aromatic carbocycles. The van der Waals surface area contributed by atoms with E-state index in [1.54, 1.807) is 0 Å². The average molecular weight is 247 g/mol. The summed E-state index contributed by atoms with van der Waals surface area (Å²) in [7, 11) is 0. The van der Waals surface area contributed by atoms with Crippen LogP contribution in [0, 0.1) is 0 Å². The molecule has 1 aliphatic heterocycles. The fourth-order valence-corrected chi connectivity index (χ4v) is 1.78. The molecule has 1 fully saturated rings. The number of nitrogens with zero attached hydrogens (tertiary/aromatic N) is 2. The third-order valence-corrected chi connectivity index (χ3v) is 2.67.